The fourth-order valence-electron chi connectivity index (χ4n) is 4.12. The third-order valence-corrected chi connectivity index (χ3v) is 7.30. The van der Waals surface area contributed by atoms with Crippen LogP contribution in [0.25, 0.3) is 0 Å². The third-order valence-electron chi connectivity index (χ3n) is 5.69. The molecule has 2 aliphatic rings. The van der Waals surface area contributed by atoms with Gasteiger partial charge in [-0.15, -0.1) is 0 Å². The van der Waals surface area contributed by atoms with Crippen LogP contribution in [0.4, 0.5) is 11.4 Å². The molecule has 2 heterocycles. The molecule has 0 radical (unpaired) electrons. The van der Waals surface area contributed by atoms with Gasteiger partial charge in [-0.2, -0.15) is 0 Å². The van der Waals surface area contributed by atoms with Gasteiger partial charge in [-0.3, -0.25) is 9.69 Å². The lowest BCUT2D eigenvalue weighted by atomic mass is 10.0. The number of anilines is 2. The number of hydrogen-bond acceptors (Lipinski definition) is 5. The molecule has 4 rings (SSSR count). The minimum atomic E-state index is -2.92. The van der Waals surface area contributed by atoms with Crippen molar-refractivity contribution >= 4 is 27.1 Å². The van der Waals surface area contributed by atoms with Crippen LogP contribution in [-0.2, 0) is 14.6 Å². The molecule has 2 saturated heterocycles. The van der Waals surface area contributed by atoms with Crippen LogP contribution in [0.1, 0.15) is 24.4 Å². The Balaban J connectivity index is 1.51. The number of amides is 1. The molecule has 0 aromatic heterocycles. The summed E-state index contributed by atoms with van der Waals surface area (Å²) in [5, 5.41) is 3.09. The second-order valence-corrected chi connectivity index (χ2v) is 10.0. The molecule has 1 unspecified atom stereocenters. The number of rotatable bonds is 5. The number of sulfone groups is 1. The van der Waals surface area contributed by atoms with Gasteiger partial charge in [0.15, 0.2) is 9.84 Å². The summed E-state index contributed by atoms with van der Waals surface area (Å²) < 4.78 is 23.4. The van der Waals surface area contributed by atoms with Crippen molar-refractivity contribution in [2.45, 2.75) is 18.9 Å². The largest absolute Gasteiger partial charge is 0.369 e. The van der Waals surface area contributed by atoms with E-state index in [-0.39, 0.29) is 23.5 Å². The quantitative estimate of drug-likeness (QED) is 0.816. The standard InChI is InChI=1S/C22H27N3O3S/c26-22(21(25-11-4-5-12-25)18-7-2-1-3-8-18)23-19-9-6-10-20(17-19)24-13-15-29(27,28)16-14-24/h1-3,6-10,17,21H,4-5,11-16H2,(H,23,26). The number of hydrogen-bond donors (Lipinski definition) is 1. The van der Waals surface area contributed by atoms with Crippen LogP contribution in [0, 0.1) is 0 Å². The van der Waals surface area contributed by atoms with E-state index in [4.69, 9.17) is 0 Å². The maximum absolute atomic E-state index is 13.2. The highest BCUT2D eigenvalue weighted by Crippen LogP contribution is 2.28. The van der Waals surface area contributed by atoms with Gasteiger partial charge in [0.25, 0.3) is 0 Å². The summed E-state index contributed by atoms with van der Waals surface area (Å²) in [5.41, 5.74) is 2.68. The van der Waals surface area contributed by atoms with E-state index >= 15 is 0 Å². The molecule has 154 valence electrons. The lowest BCUT2D eigenvalue weighted by Gasteiger charge is -2.29. The average Bonchev–Trinajstić information content (AvgIpc) is 3.23. The molecule has 2 aromatic rings. The Bertz CT molecular complexity index is 942. The summed E-state index contributed by atoms with van der Waals surface area (Å²) in [6.07, 6.45) is 2.23. The predicted octanol–water partition coefficient (Wildman–Crippen LogP) is 2.70. The van der Waals surface area contributed by atoms with E-state index in [1.165, 1.54) is 0 Å². The molecule has 0 saturated carbocycles. The number of likely N-dealkylation sites (tertiary alicyclic amines) is 1. The van der Waals surface area contributed by atoms with Crippen molar-refractivity contribution < 1.29 is 13.2 Å². The molecule has 2 fully saturated rings. The van der Waals surface area contributed by atoms with Gasteiger partial charge in [0, 0.05) is 24.5 Å². The molecule has 0 spiro atoms. The Labute approximate surface area is 172 Å². The van der Waals surface area contributed by atoms with Crippen molar-refractivity contribution in [3.8, 4) is 0 Å². The van der Waals surface area contributed by atoms with Crippen molar-refractivity contribution in [2.75, 3.05) is 47.9 Å². The average molecular weight is 414 g/mol. The number of nitrogens with one attached hydrogen (secondary N) is 1. The Kier molecular flexibility index (Phi) is 5.87. The zero-order valence-electron chi connectivity index (χ0n) is 16.5. The Morgan fingerprint density at radius 2 is 1.59 bits per heavy atom. The number of nitrogens with zero attached hydrogens (tertiary/aromatic N) is 2. The number of carbonyl (C=O) groups excluding carboxylic acids is 1. The third kappa shape index (κ3) is 4.79. The molecular formula is C22H27N3O3S. The molecule has 1 atom stereocenters. The van der Waals surface area contributed by atoms with Crippen LogP contribution in [0.5, 0.6) is 0 Å². The van der Waals surface area contributed by atoms with E-state index in [1.807, 2.05) is 54.6 Å². The molecule has 1 N–H and O–H groups in total. The first kappa shape index (κ1) is 19.9. The van der Waals surface area contributed by atoms with Crippen LogP contribution < -0.4 is 10.2 Å². The first-order chi connectivity index (χ1) is 14.0. The van der Waals surface area contributed by atoms with Gasteiger partial charge in [0.1, 0.15) is 6.04 Å². The summed E-state index contributed by atoms with van der Waals surface area (Å²) in [5.74, 6) is 0.319. The smallest absolute Gasteiger partial charge is 0.246 e. The summed E-state index contributed by atoms with van der Waals surface area (Å²) in [7, 11) is -2.92. The van der Waals surface area contributed by atoms with E-state index in [1.54, 1.807) is 0 Å². The molecular weight excluding hydrogens is 386 g/mol. The van der Waals surface area contributed by atoms with Crippen LogP contribution in [0.15, 0.2) is 54.6 Å². The molecule has 7 heteroatoms. The molecule has 2 aliphatic heterocycles. The molecule has 29 heavy (non-hydrogen) atoms. The summed E-state index contributed by atoms with van der Waals surface area (Å²) >= 11 is 0. The van der Waals surface area contributed by atoms with Gasteiger partial charge in [0.05, 0.1) is 11.5 Å². The van der Waals surface area contributed by atoms with Crippen LogP contribution >= 0.6 is 0 Å². The maximum Gasteiger partial charge on any atom is 0.246 e. The first-order valence-electron chi connectivity index (χ1n) is 10.2. The molecule has 0 bridgehead atoms. The summed E-state index contributed by atoms with van der Waals surface area (Å²) in [4.78, 5) is 17.5. The lowest BCUT2D eigenvalue weighted by Crippen LogP contribution is -2.40. The van der Waals surface area contributed by atoms with E-state index in [2.05, 4.69) is 15.1 Å². The van der Waals surface area contributed by atoms with E-state index < -0.39 is 9.84 Å². The first-order valence-corrected chi connectivity index (χ1v) is 12.0. The molecule has 2 aromatic carbocycles. The fraction of sp³-hybridized carbons (Fsp3) is 0.409. The lowest BCUT2D eigenvalue weighted by molar-refractivity contribution is -0.121. The van der Waals surface area contributed by atoms with Crippen LogP contribution in [0.3, 0.4) is 0 Å². The van der Waals surface area contributed by atoms with Gasteiger partial charge in [-0.1, -0.05) is 36.4 Å². The van der Waals surface area contributed by atoms with E-state index in [9.17, 15) is 13.2 Å². The highest BCUT2D eigenvalue weighted by molar-refractivity contribution is 7.91. The predicted molar refractivity (Wildman–Crippen MR) is 116 cm³/mol. The molecule has 1 amide bonds. The zero-order chi connectivity index (χ0) is 20.3. The zero-order valence-corrected chi connectivity index (χ0v) is 17.3. The minimum Gasteiger partial charge on any atom is -0.369 e. The highest BCUT2D eigenvalue weighted by atomic mass is 32.2. The van der Waals surface area contributed by atoms with E-state index in [0.29, 0.717) is 13.1 Å². The normalized spacial score (nSPS) is 20.3. The second kappa shape index (κ2) is 8.55. The number of carbonyl (C=O) groups is 1. The van der Waals surface area contributed by atoms with Gasteiger partial charge in [0.2, 0.25) is 5.91 Å². The SMILES string of the molecule is O=C(Nc1cccc(N2CCS(=O)(=O)CC2)c1)C(c1ccccc1)N1CCCC1. The molecule has 0 aliphatic carbocycles. The monoisotopic (exact) mass is 413 g/mol. The van der Waals surface area contributed by atoms with E-state index in [0.717, 1.165) is 42.9 Å². The van der Waals surface area contributed by atoms with Gasteiger partial charge >= 0.3 is 0 Å². The van der Waals surface area contributed by atoms with Crippen LogP contribution in [-0.4, -0.2) is 56.9 Å². The minimum absolute atomic E-state index is 0.0310. The maximum atomic E-state index is 13.2. The van der Waals surface area contributed by atoms with Crippen molar-refractivity contribution in [3.63, 3.8) is 0 Å². The number of benzene rings is 2. The Morgan fingerprint density at radius 1 is 0.897 bits per heavy atom. The Morgan fingerprint density at radius 3 is 2.28 bits per heavy atom. The van der Waals surface area contributed by atoms with Crippen LogP contribution in [0.2, 0.25) is 0 Å². The second-order valence-electron chi connectivity index (χ2n) is 7.73. The summed E-state index contributed by atoms with van der Waals surface area (Å²) in [6.45, 7) is 2.82. The van der Waals surface area contributed by atoms with Gasteiger partial charge in [-0.05, 0) is 49.7 Å². The Hall–Kier alpha value is -2.38. The van der Waals surface area contributed by atoms with Gasteiger partial charge < -0.3 is 10.2 Å². The molecule has 6 nitrogen and oxygen atoms in total. The topological polar surface area (TPSA) is 69.7 Å². The fourth-order valence-corrected chi connectivity index (χ4v) is 5.33. The van der Waals surface area contributed by atoms with Crippen molar-refractivity contribution in [3.05, 3.63) is 60.2 Å². The highest BCUT2D eigenvalue weighted by Gasteiger charge is 2.30. The van der Waals surface area contributed by atoms with Gasteiger partial charge in [-0.25, -0.2) is 8.42 Å². The summed E-state index contributed by atoms with van der Waals surface area (Å²) in [6, 6.07) is 17.3. The van der Waals surface area contributed by atoms with Crippen molar-refractivity contribution in [1.82, 2.24) is 4.90 Å². The van der Waals surface area contributed by atoms with Crippen molar-refractivity contribution in [2.24, 2.45) is 0 Å². The van der Waals surface area contributed by atoms with Crippen molar-refractivity contribution in [1.29, 1.82) is 0 Å².